The number of benzene rings is 1. The average Bonchev–Trinajstić information content (AvgIpc) is 2.41. The molecule has 0 radical (unpaired) electrons. The van der Waals surface area contributed by atoms with Crippen LogP contribution in [0, 0.1) is 11.7 Å². The maximum absolute atomic E-state index is 13.1. The van der Waals surface area contributed by atoms with E-state index in [1.807, 2.05) is 0 Å². The van der Waals surface area contributed by atoms with Gasteiger partial charge in [-0.3, -0.25) is 0 Å². The molecule has 1 atom stereocenters. The number of phenols is 1. The molecule has 0 amide bonds. The fraction of sp³-hybridized carbons (Fsp3) is 0.471. The van der Waals surface area contributed by atoms with Crippen molar-refractivity contribution < 1.29 is 19.0 Å². The maximum atomic E-state index is 13.1. The number of rotatable bonds is 7. The molecule has 0 heterocycles. The zero-order valence-corrected chi connectivity index (χ0v) is 12.9. The summed E-state index contributed by atoms with van der Waals surface area (Å²) in [6.07, 6.45) is 4.99. The number of ether oxygens (including phenoxy) is 1. The van der Waals surface area contributed by atoms with Crippen molar-refractivity contribution in [1.29, 1.82) is 0 Å². The molecule has 0 bridgehead atoms. The normalized spacial score (nSPS) is 11.8. The first-order valence-corrected chi connectivity index (χ1v) is 7.19. The monoisotopic (exact) mass is 294 g/mol. The fourth-order valence-electron chi connectivity index (χ4n) is 1.91. The van der Waals surface area contributed by atoms with E-state index in [1.54, 1.807) is 0 Å². The van der Waals surface area contributed by atoms with Gasteiger partial charge in [0.2, 0.25) is 0 Å². The molecular weight excluding hydrogens is 271 g/mol. The molecule has 0 saturated heterocycles. The van der Waals surface area contributed by atoms with E-state index in [0.29, 0.717) is 5.92 Å². The van der Waals surface area contributed by atoms with Crippen LogP contribution in [0.25, 0.3) is 0 Å². The third-order valence-corrected chi connectivity index (χ3v) is 3.26. The van der Waals surface area contributed by atoms with Gasteiger partial charge in [0, 0.05) is 0 Å². The Morgan fingerprint density at radius 2 is 2.10 bits per heavy atom. The zero-order valence-electron chi connectivity index (χ0n) is 12.9. The van der Waals surface area contributed by atoms with E-state index in [9.17, 15) is 14.3 Å². The van der Waals surface area contributed by atoms with E-state index < -0.39 is 17.5 Å². The quantitative estimate of drug-likeness (QED) is 0.596. The molecule has 0 spiro atoms. The van der Waals surface area contributed by atoms with E-state index in [0.717, 1.165) is 25.3 Å². The molecule has 1 aromatic carbocycles. The molecule has 0 saturated carbocycles. The zero-order chi connectivity index (χ0) is 15.8. The van der Waals surface area contributed by atoms with Crippen molar-refractivity contribution in [3.63, 3.8) is 0 Å². The van der Waals surface area contributed by atoms with Gasteiger partial charge in [-0.05, 0) is 51.2 Å². The third-order valence-electron chi connectivity index (χ3n) is 3.26. The third kappa shape index (κ3) is 5.98. The number of para-hydroxylation sites is 1. The van der Waals surface area contributed by atoms with Crippen molar-refractivity contribution in [2.75, 3.05) is 6.61 Å². The Morgan fingerprint density at radius 1 is 1.38 bits per heavy atom. The van der Waals surface area contributed by atoms with Gasteiger partial charge >= 0.3 is 5.97 Å². The first-order chi connectivity index (χ1) is 9.91. The number of aromatic hydroxyl groups is 1. The topological polar surface area (TPSA) is 46.5 Å². The van der Waals surface area contributed by atoms with Gasteiger partial charge in [0.05, 0.1) is 6.61 Å². The van der Waals surface area contributed by atoms with E-state index in [-0.39, 0.29) is 12.2 Å². The van der Waals surface area contributed by atoms with Gasteiger partial charge in [-0.1, -0.05) is 24.6 Å². The molecule has 0 aromatic heterocycles. The van der Waals surface area contributed by atoms with Gasteiger partial charge in [-0.25, -0.2) is 9.18 Å². The van der Waals surface area contributed by atoms with Crippen molar-refractivity contribution in [2.24, 2.45) is 5.92 Å². The van der Waals surface area contributed by atoms with Crippen molar-refractivity contribution in [3.05, 3.63) is 41.2 Å². The highest BCUT2D eigenvalue weighted by Crippen LogP contribution is 2.21. The lowest BCUT2D eigenvalue weighted by molar-refractivity contribution is 0.0480. The number of halogens is 1. The summed E-state index contributed by atoms with van der Waals surface area (Å²) < 4.78 is 18.2. The van der Waals surface area contributed by atoms with E-state index in [1.165, 1.54) is 17.7 Å². The molecule has 0 aliphatic carbocycles. The van der Waals surface area contributed by atoms with Gasteiger partial charge in [-0.15, -0.1) is 0 Å². The number of hydrogen-bond acceptors (Lipinski definition) is 3. The molecule has 21 heavy (non-hydrogen) atoms. The minimum Gasteiger partial charge on any atom is -0.504 e. The Balaban J connectivity index is 2.37. The van der Waals surface area contributed by atoms with Crippen LogP contribution in [-0.4, -0.2) is 17.7 Å². The van der Waals surface area contributed by atoms with Gasteiger partial charge < -0.3 is 9.84 Å². The average molecular weight is 294 g/mol. The minimum atomic E-state index is -0.820. The Morgan fingerprint density at radius 3 is 2.76 bits per heavy atom. The van der Waals surface area contributed by atoms with Crippen LogP contribution >= 0.6 is 0 Å². The highest BCUT2D eigenvalue weighted by Gasteiger charge is 2.15. The summed E-state index contributed by atoms with van der Waals surface area (Å²) in [4.78, 5) is 11.7. The van der Waals surface area contributed by atoms with Gasteiger partial charge in [0.1, 0.15) is 5.56 Å². The first-order valence-electron chi connectivity index (χ1n) is 7.19. The van der Waals surface area contributed by atoms with Gasteiger partial charge in [-0.2, -0.15) is 0 Å². The van der Waals surface area contributed by atoms with Crippen LogP contribution in [0.1, 0.15) is 50.4 Å². The smallest absolute Gasteiger partial charge is 0.342 e. The molecule has 4 heteroatoms. The van der Waals surface area contributed by atoms with Crippen LogP contribution in [0.5, 0.6) is 5.75 Å². The molecular formula is C17H23FO3. The molecule has 0 aliphatic heterocycles. The summed E-state index contributed by atoms with van der Waals surface area (Å²) in [5.74, 6) is -1.73. The van der Waals surface area contributed by atoms with Gasteiger partial charge in [0.25, 0.3) is 0 Å². The lowest BCUT2D eigenvalue weighted by Crippen LogP contribution is -2.09. The van der Waals surface area contributed by atoms with Crippen molar-refractivity contribution in [3.8, 4) is 5.75 Å². The standard InChI is InChI=1S/C17H23FO3/c1-12(2)6-4-7-13(3)10-11-21-17(20)14-8-5-9-15(18)16(14)19/h5-6,8-9,13,19H,4,7,10-11H2,1-3H3. The predicted molar refractivity (Wildman–Crippen MR) is 80.8 cm³/mol. The van der Waals surface area contributed by atoms with Crippen LogP contribution in [0.3, 0.4) is 0 Å². The summed E-state index contributed by atoms with van der Waals surface area (Å²) in [5.41, 5.74) is 1.17. The van der Waals surface area contributed by atoms with Crippen LogP contribution in [0.15, 0.2) is 29.8 Å². The van der Waals surface area contributed by atoms with Crippen LogP contribution < -0.4 is 0 Å². The summed E-state index contributed by atoms with van der Waals surface area (Å²) in [7, 11) is 0. The highest BCUT2D eigenvalue weighted by molar-refractivity contribution is 5.92. The molecule has 1 aromatic rings. The van der Waals surface area contributed by atoms with Crippen LogP contribution in [-0.2, 0) is 4.74 Å². The maximum Gasteiger partial charge on any atom is 0.342 e. The molecule has 1 unspecified atom stereocenters. The lowest BCUT2D eigenvalue weighted by atomic mass is 10.0. The Bertz CT molecular complexity index is 505. The lowest BCUT2D eigenvalue weighted by Gasteiger charge is -2.11. The van der Waals surface area contributed by atoms with Gasteiger partial charge in [0.15, 0.2) is 11.6 Å². The number of allylic oxidation sites excluding steroid dienone is 2. The van der Waals surface area contributed by atoms with E-state index in [4.69, 9.17) is 4.74 Å². The molecule has 116 valence electrons. The first kappa shape index (κ1) is 17.2. The Kier molecular flexibility index (Phi) is 6.92. The van der Waals surface area contributed by atoms with E-state index in [2.05, 4.69) is 26.8 Å². The number of esters is 1. The molecule has 0 aliphatic rings. The van der Waals surface area contributed by atoms with Crippen LogP contribution in [0.4, 0.5) is 4.39 Å². The largest absolute Gasteiger partial charge is 0.504 e. The second kappa shape index (κ2) is 8.45. The van der Waals surface area contributed by atoms with Crippen molar-refractivity contribution in [1.82, 2.24) is 0 Å². The second-order valence-corrected chi connectivity index (χ2v) is 5.52. The summed E-state index contributed by atoms with van der Waals surface area (Å²) in [6, 6.07) is 3.81. The fourth-order valence-corrected chi connectivity index (χ4v) is 1.91. The molecule has 3 nitrogen and oxygen atoms in total. The summed E-state index contributed by atoms with van der Waals surface area (Å²) in [5, 5.41) is 9.46. The summed E-state index contributed by atoms with van der Waals surface area (Å²) >= 11 is 0. The van der Waals surface area contributed by atoms with Crippen molar-refractivity contribution in [2.45, 2.75) is 40.0 Å². The molecule has 1 rings (SSSR count). The Labute approximate surface area is 125 Å². The number of phenolic OH excluding ortho intramolecular Hbond substituents is 1. The molecule has 1 N–H and O–H groups in total. The second-order valence-electron chi connectivity index (χ2n) is 5.52. The highest BCUT2D eigenvalue weighted by atomic mass is 19.1. The number of carbonyl (C=O) groups excluding carboxylic acids is 1. The van der Waals surface area contributed by atoms with E-state index >= 15 is 0 Å². The SMILES string of the molecule is CC(C)=CCCC(C)CCOC(=O)c1cccc(F)c1O. The number of hydrogen-bond donors (Lipinski definition) is 1. The summed E-state index contributed by atoms with van der Waals surface area (Å²) in [6.45, 7) is 6.51. The van der Waals surface area contributed by atoms with Crippen molar-refractivity contribution >= 4 is 5.97 Å². The Hall–Kier alpha value is -1.84. The minimum absolute atomic E-state index is 0.132. The van der Waals surface area contributed by atoms with Crippen LogP contribution in [0.2, 0.25) is 0 Å². The predicted octanol–water partition coefficient (Wildman–Crippen LogP) is 4.46. The molecule has 0 fully saturated rings. The number of carbonyl (C=O) groups is 1.